The van der Waals surface area contributed by atoms with E-state index in [-0.39, 0.29) is 23.1 Å². The van der Waals surface area contributed by atoms with Crippen molar-refractivity contribution in [2.75, 3.05) is 44.2 Å². The fourth-order valence-corrected chi connectivity index (χ4v) is 7.03. The molecular formula is C27H46BrN5O4Si. The molecule has 1 spiro atoms. The molecule has 38 heavy (non-hydrogen) atoms. The van der Waals surface area contributed by atoms with Crippen LogP contribution in [0.15, 0.2) is 4.47 Å². The third-order valence-electron chi connectivity index (χ3n) is 7.94. The first-order chi connectivity index (χ1) is 17.4. The molecule has 3 fully saturated rings. The highest BCUT2D eigenvalue weighted by Crippen LogP contribution is 2.55. The van der Waals surface area contributed by atoms with Crippen molar-refractivity contribution in [3.05, 3.63) is 10.2 Å². The normalized spacial score (nSPS) is 21.3. The molecule has 1 saturated carbocycles. The van der Waals surface area contributed by atoms with Crippen LogP contribution in [-0.2, 0) is 9.47 Å². The molecule has 9 nitrogen and oxygen atoms in total. The molecule has 214 valence electrons. The third-order valence-corrected chi connectivity index (χ3v) is 10.6. The number of halogens is 1. The van der Waals surface area contributed by atoms with Gasteiger partial charge in [-0.25, -0.2) is 9.59 Å². The third kappa shape index (κ3) is 6.18. The van der Waals surface area contributed by atoms with E-state index in [2.05, 4.69) is 65.9 Å². The van der Waals surface area contributed by atoms with Gasteiger partial charge >= 0.3 is 12.2 Å². The Morgan fingerprint density at radius 1 is 1.05 bits per heavy atom. The monoisotopic (exact) mass is 611 g/mol. The van der Waals surface area contributed by atoms with Gasteiger partial charge < -0.3 is 24.2 Å². The Bertz CT molecular complexity index is 1060. The van der Waals surface area contributed by atoms with E-state index in [1.165, 1.54) is 0 Å². The van der Waals surface area contributed by atoms with Crippen LogP contribution in [0.2, 0.25) is 25.7 Å². The average Bonchev–Trinajstić information content (AvgIpc) is 2.97. The zero-order valence-electron chi connectivity index (χ0n) is 24.7. The number of aromatic nitrogens is 2. The molecule has 1 aliphatic carbocycles. The van der Waals surface area contributed by atoms with Gasteiger partial charge in [0.1, 0.15) is 5.60 Å². The summed E-state index contributed by atoms with van der Waals surface area (Å²) in [5.41, 5.74) is 0.553. The molecule has 3 aliphatic rings. The number of carbonyl (C=O) groups excluding carboxylic acids is 2. The lowest BCUT2D eigenvalue weighted by atomic mass is 9.61. The number of amides is 2. The molecule has 2 saturated heterocycles. The summed E-state index contributed by atoms with van der Waals surface area (Å²) in [6.07, 6.45) is 1.60. The summed E-state index contributed by atoms with van der Waals surface area (Å²) >= 11 is 3.83. The number of likely N-dealkylation sites (tertiary alicyclic amines) is 1. The Hall–Kier alpha value is -1.75. The molecule has 2 aliphatic heterocycles. The first kappa shape index (κ1) is 29.2. The van der Waals surface area contributed by atoms with Crippen molar-refractivity contribution in [2.45, 2.75) is 97.3 Å². The minimum atomic E-state index is -1.24. The van der Waals surface area contributed by atoms with Gasteiger partial charge in [-0.3, -0.25) is 4.68 Å². The molecule has 0 atom stereocenters. The number of ether oxygens (including phenoxy) is 2. The lowest BCUT2D eigenvalue weighted by Gasteiger charge is -2.58. The maximum Gasteiger partial charge on any atom is 0.410 e. The number of rotatable bonds is 5. The molecule has 0 bridgehead atoms. The minimum absolute atomic E-state index is 0.188. The summed E-state index contributed by atoms with van der Waals surface area (Å²) in [4.78, 5) is 31.1. The Labute approximate surface area is 237 Å². The molecule has 4 rings (SSSR count). The van der Waals surface area contributed by atoms with Gasteiger partial charge in [-0.05, 0) is 76.4 Å². The largest absolute Gasteiger partial charge is 0.450 e. The van der Waals surface area contributed by atoms with Gasteiger partial charge in [0.05, 0.1) is 28.4 Å². The summed E-state index contributed by atoms with van der Waals surface area (Å²) in [6, 6.07) is 1.30. The zero-order chi connectivity index (χ0) is 28.3. The van der Waals surface area contributed by atoms with E-state index in [4.69, 9.17) is 14.6 Å². The van der Waals surface area contributed by atoms with E-state index in [0.29, 0.717) is 32.3 Å². The van der Waals surface area contributed by atoms with E-state index in [1.54, 1.807) is 0 Å². The van der Waals surface area contributed by atoms with Crippen LogP contribution in [0.25, 0.3) is 0 Å². The van der Waals surface area contributed by atoms with E-state index in [0.717, 1.165) is 48.0 Å². The van der Waals surface area contributed by atoms with Gasteiger partial charge in [0.25, 0.3) is 0 Å². The van der Waals surface area contributed by atoms with Crippen LogP contribution in [-0.4, -0.2) is 90.3 Å². The van der Waals surface area contributed by atoms with Crippen molar-refractivity contribution >= 4 is 42.0 Å². The van der Waals surface area contributed by atoms with Gasteiger partial charge in [0.15, 0.2) is 5.82 Å². The summed E-state index contributed by atoms with van der Waals surface area (Å²) in [5, 5.41) is 5.08. The SMILES string of the molecule is Cc1c(Br)c(N2CCN(C(=O)OCC[Si](C)(C)C)CC2(C)C)nn1C1CC2(C1)CN(C(=O)OC(C)(C)C)C2. The molecule has 2 amide bonds. The van der Waals surface area contributed by atoms with Crippen molar-refractivity contribution in [1.82, 2.24) is 19.6 Å². The topological polar surface area (TPSA) is 80.1 Å². The molecule has 1 aromatic rings. The van der Waals surface area contributed by atoms with Crippen LogP contribution in [0.3, 0.4) is 0 Å². The zero-order valence-corrected chi connectivity index (χ0v) is 27.3. The second-order valence-electron chi connectivity index (χ2n) is 14.4. The first-order valence-electron chi connectivity index (χ1n) is 13.8. The van der Waals surface area contributed by atoms with Crippen LogP contribution in [0.5, 0.6) is 0 Å². The van der Waals surface area contributed by atoms with Crippen molar-refractivity contribution in [3.63, 3.8) is 0 Å². The predicted molar refractivity (Wildman–Crippen MR) is 156 cm³/mol. The van der Waals surface area contributed by atoms with E-state index in [9.17, 15) is 9.59 Å². The maximum absolute atomic E-state index is 12.7. The predicted octanol–water partition coefficient (Wildman–Crippen LogP) is 5.90. The highest BCUT2D eigenvalue weighted by molar-refractivity contribution is 9.10. The summed E-state index contributed by atoms with van der Waals surface area (Å²) < 4.78 is 14.3. The number of carbonyl (C=O) groups is 2. The number of hydrogen-bond donors (Lipinski definition) is 0. The van der Waals surface area contributed by atoms with Gasteiger partial charge in [-0.15, -0.1) is 0 Å². The molecule has 3 heterocycles. The van der Waals surface area contributed by atoms with E-state index in [1.807, 2.05) is 30.6 Å². The number of hydrogen-bond acceptors (Lipinski definition) is 6. The van der Waals surface area contributed by atoms with Crippen molar-refractivity contribution < 1.29 is 19.1 Å². The van der Waals surface area contributed by atoms with Crippen LogP contribution in [0.4, 0.5) is 15.4 Å². The van der Waals surface area contributed by atoms with Gasteiger partial charge in [0.2, 0.25) is 0 Å². The lowest BCUT2D eigenvalue weighted by Crippen LogP contribution is -2.64. The molecule has 0 N–H and O–H groups in total. The number of piperazine rings is 1. The highest BCUT2D eigenvalue weighted by Gasteiger charge is 2.55. The van der Waals surface area contributed by atoms with Crippen molar-refractivity contribution in [3.8, 4) is 0 Å². The van der Waals surface area contributed by atoms with Crippen LogP contribution in [0, 0.1) is 12.3 Å². The number of anilines is 1. The Kier molecular flexibility index (Phi) is 7.71. The van der Waals surface area contributed by atoms with Gasteiger partial charge in [0, 0.05) is 46.2 Å². The smallest absolute Gasteiger partial charge is 0.410 e. The Morgan fingerprint density at radius 2 is 1.68 bits per heavy atom. The van der Waals surface area contributed by atoms with Crippen molar-refractivity contribution in [2.24, 2.45) is 5.41 Å². The average molecular weight is 613 g/mol. The van der Waals surface area contributed by atoms with E-state index >= 15 is 0 Å². The maximum atomic E-state index is 12.7. The summed E-state index contributed by atoms with van der Waals surface area (Å²) in [7, 11) is -1.24. The standard InChI is InChI=1S/C27H46BrN5O4Si/c1-19-21(28)22(32-11-10-30(16-26(32,5)6)23(34)36-12-13-38(7,8)9)29-33(19)20-14-27(15-20)17-31(18-27)24(35)37-25(2,3)4/h20H,10-18H2,1-9H3. The minimum Gasteiger partial charge on any atom is -0.450 e. The van der Waals surface area contributed by atoms with Gasteiger partial charge in [-0.1, -0.05) is 19.6 Å². The highest BCUT2D eigenvalue weighted by atomic mass is 79.9. The molecule has 11 heteroatoms. The second-order valence-corrected chi connectivity index (χ2v) is 20.8. The van der Waals surface area contributed by atoms with Gasteiger partial charge in [-0.2, -0.15) is 5.10 Å². The van der Waals surface area contributed by atoms with Crippen LogP contribution < -0.4 is 4.90 Å². The fourth-order valence-electron chi connectivity index (χ4n) is 5.84. The molecule has 0 radical (unpaired) electrons. The second kappa shape index (κ2) is 10.0. The number of nitrogens with zero attached hydrogens (tertiary/aromatic N) is 5. The summed E-state index contributed by atoms with van der Waals surface area (Å²) in [6.45, 7) is 22.9. The van der Waals surface area contributed by atoms with E-state index < -0.39 is 13.7 Å². The summed E-state index contributed by atoms with van der Waals surface area (Å²) in [5.74, 6) is 0.934. The molecular weight excluding hydrogens is 566 g/mol. The van der Waals surface area contributed by atoms with Crippen LogP contribution in [0.1, 0.15) is 59.2 Å². The molecule has 1 aromatic heterocycles. The molecule has 0 aromatic carbocycles. The van der Waals surface area contributed by atoms with Crippen LogP contribution >= 0.6 is 15.9 Å². The Balaban J connectivity index is 1.35. The molecule has 0 unspecified atom stereocenters. The lowest BCUT2D eigenvalue weighted by molar-refractivity contribution is -0.0931. The Morgan fingerprint density at radius 3 is 2.24 bits per heavy atom. The van der Waals surface area contributed by atoms with Crippen molar-refractivity contribution in [1.29, 1.82) is 0 Å². The first-order valence-corrected chi connectivity index (χ1v) is 18.3. The fraction of sp³-hybridized carbons (Fsp3) is 0.815. The quantitative estimate of drug-likeness (QED) is 0.386.